The molecule has 1 aliphatic heterocycles. The maximum atomic E-state index is 6.04. The molecule has 1 unspecified atom stereocenters. The Balaban J connectivity index is 1.59. The molecule has 1 atom stereocenters. The highest BCUT2D eigenvalue weighted by atomic mass is 32.1. The van der Waals surface area contributed by atoms with Crippen molar-refractivity contribution in [2.45, 2.75) is 13.0 Å². The SMILES string of the molecule is CC1C=CN=[N+]1c1cccc(Oc2cccc(-c3nccs3)c2)c1. The lowest BCUT2D eigenvalue weighted by atomic mass is 10.2. The number of ether oxygens (including phenoxy) is 1. The third-order valence-corrected chi connectivity index (χ3v) is 4.59. The Labute approximate surface area is 144 Å². The van der Waals surface area contributed by atoms with Gasteiger partial charge in [0.15, 0.2) is 0 Å². The van der Waals surface area contributed by atoms with Crippen molar-refractivity contribution < 1.29 is 9.43 Å². The van der Waals surface area contributed by atoms with E-state index in [0.717, 1.165) is 27.8 Å². The van der Waals surface area contributed by atoms with Crippen molar-refractivity contribution in [1.29, 1.82) is 0 Å². The van der Waals surface area contributed by atoms with E-state index >= 15 is 0 Å². The summed E-state index contributed by atoms with van der Waals surface area (Å²) in [5.41, 5.74) is 2.08. The average Bonchev–Trinajstić information content (AvgIpc) is 3.27. The first-order chi connectivity index (χ1) is 11.8. The molecular weight excluding hydrogens is 318 g/mol. The minimum atomic E-state index is 0.258. The molecule has 0 saturated carbocycles. The van der Waals surface area contributed by atoms with Crippen molar-refractivity contribution in [2.75, 3.05) is 0 Å². The van der Waals surface area contributed by atoms with Crippen molar-refractivity contribution in [2.24, 2.45) is 5.11 Å². The summed E-state index contributed by atoms with van der Waals surface area (Å²) in [6, 6.07) is 16.2. The number of aromatic nitrogens is 1. The van der Waals surface area contributed by atoms with Gasteiger partial charge in [-0.15, -0.1) is 11.3 Å². The summed E-state index contributed by atoms with van der Waals surface area (Å²) in [7, 11) is 0. The summed E-state index contributed by atoms with van der Waals surface area (Å²) in [6.07, 6.45) is 5.70. The van der Waals surface area contributed by atoms with Crippen molar-refractivity contribution >= 4 is 17.0 Å². The quantitative estimate of drug-likeness (QED) is 0.581. The maximum absolute atomic E-state index is 6.04. The number of rotatable bonds is 4. The first kappa shape index (κ1) is 14.8. The molecule has 0 fully saturated rings. The molecule has 0 radical (unpaired) electrons. The molecule has 24 heavy (non-hydrogen) atoms. The second kappa shape index (κ2) is 6.37. The van der Waals surface area contributed by atoms with E-state index in [0.29, 0.717) is 0 Å². The Kier molecular flexibility index (Phi) is 3.92. The molecule has 5 heteroatoms. The van der Waals surface area contributed by atoms with Gasteiger partial charge in [0, 0.05) is 36.2 Å². The predicted octanol–water partition coefficient (Wildman–Crippen LogP) is 5.61. The lowest BCUT2D eigenvalue weighted by Gasteiger charge is -2.07. The van der Waals surface area contributed by atoms with E-state index in [2.05, 4.69) is 23.1 Å². The van der Waals surface area contributed by atoms with Gasteiger partial charge in [0.1, 0.15) is 16.5 Å². The Hall–Kier alpha value is -2.79. The summed E-state index contributed by atoms with van der Waals surface area (Å²) in [6.45, 7) is 2.11. The normalized spacial score (nSPS) is 16.2. The van der Waals surface area contributed by atoms with Crippen LogP contribution in [0.4, 0.5) is 5.69 Å². The van der Waals surface area contributed by atoms with Crippen LogP contribution in [0.25, 0.3) is 10.6 Å². The maximum Gasteiger partial charge on any atom is 0.236 e. The predicted molar refractivity (Wildman–Crippen MR) is 95.0 cm³/mol. The van der Waals surface area contributed by atoms with Crippen molar-refractivity contribution in [3.8, 4) is 22.1 Å². The molecule has 1 aromatic heterocycles. The Bertz CT molecular complexity index is 916. The molecule has 0 saturated heterocycles. The second-order valence-electron chi connectivity index (χ2n) is 5.51. The fourth-order valence-corrected chi connectivity index (χ4v) is 3.24. The highest BCUT2D eigenvalue weighted by Gasteiger charge is 2.22. The molecule has 2 aromatic carbocycles. The monoisotopic (exact) mass is 334 g/mol. The minimum absolute atomic E-state index is 0.258. The van der Waals surface area contributed by atoms with Gasteiger partial charge in [-0.1, -0.05) is 22.9 Å². The van der Waals surface area contributed by atoms with E-state index in [1.165, 1.54) is 0 Å². The van der Waals surface area contributed by atoms with Crippen LogP contribution in [-0.2, 0) is 0 Å². The Morgan fingerprint density at radius 3 is 2.67 bits per heavy atom. The van der Waals surface area contributed by atoms with E-state index in [-0.39, 0.29) is 6.04 Å². The number of nitrogens with zero attached hydrogens (tertiary/aromatic N) is 3. The summed E-state index contributed by atoms with van der Waals surface area (Å²) < 4.78 is 8.01. The zero-order valence-corrected chi connectivity index (χ0v) is 14.0. The van der Waals surface area contributed by atoms with Gasteiger partial charge in [-0.25, -0.2) is 4.98 Å². The fourth-order valence-electron chi connectivity index (χ4n) is 2.61. The summed E-state index contributed by atoms with van der Waals surface area (Å²) >= 11 is 1.62. The van der Waals surface area contributed by atoms with Crippen LogP contribution in [0.1, 0.15) is 6.92 Å². The Morgan fingerprint density at radius 1 is 1.08 bits per heavy atom. The summed E-state index contributed by atoms with van der Waals surface area (Å²) in [5.74, 6) is 1.59. The Morgan fingerprint density at radius 2 is 1.92 bits per heavy atom. The highest BCUT2D eigenvalue weighted by molar-refractivity contribution is 7.13. The van der Waals surface area contributed by atoms with Gasteiger partial charge in [0.05, 0.1) is 12.3 Å². The number of hydrogen-bond acceptors (Lipinski definition) is 4. The minimum Gasteiger partial charge on any atom is -0.457 e. The summed E-state index contributed by atoms with van der Waals surface area (Å²) in [4.78, 5) is 4.35. The van der Waals surface area contributed by atoms with Gasteiger partial charge in [-0.3, -0.25) is 0 Å². The number of benzene rings is 2. The molecule has 1 aliphatic rings. The van der Waals surface area contributed by atoms with Crippen molar-refractivity contribution in [1.82, 2.24) is 4.98 Å². The fraction of sp³-hybridized carbons (Fsp3) is 0.105. The molecule has 118 valence electrons. The molecule has 0 N–H and O–H groups in total. The van der Waals surface area contributed by atoms with Crippen LogP contribution >= 0.6 is 11.3 Å². The first-order valence-electron chi connectivity index (χ1n) is 7.74. The van der Waals surface area contributed by atoms with Crippen LogP contribution in [0.15, 0.2) is 77.5 Å². The van der Waals surface area contributed by atoms with Crippen LogP contribution in [-0.4, -0.2) is 15.7 Å². The van der Waals surface area contributed by atoms with Crippen molar-refractivity contribution in [3.63, 3.8) is 0 Å². The van der Waals surface area contributed by atoms with Crippen LogP contribution in [0.5, 0.6) is 11.5 Å². The molecule has 3 aromatic rings. The molecule has 0 spiro atoms. The topological polar surface area (TPSA) is 37.5 Å². The average molecular weight is 334 g/mol. The molecule has 4 nitrogen and oxygen atoms in total. The lowest BCUT2D eigenvalue weighted by molar-refractivity contribution is -0.526. The molecular formula is C19H16N3OS+. The van der Waals surface area contributed by atoms with E-state index in [1.54, 1.807) is 11.3 Å². The zero-order chi connectivity index (χ0) is 16.4. The summed E-state index contributed by atoms with van der Waals surface area (Å²) in [5, 5.41) is 7.34. The van der Waals surface area contributed by atoms with Crippen LogP contribution in [0.3, 0.4) is 0 Å². The number of azo groups is 2. The molecule has 0 amide bonds. The smallest absolute Gasteiger partial charge is 0.236 e. The van der Waals surface area contributed by atoms with Gasteiger partial charge >= 0.3 is 0 Å². The van der Waals surface area contributed by atoms with Gasteiger partial charge in [0.25, 0.3) is 0 Å². The molecule has 4 rings (SSSR count). The number of thiazole rings is 1. The lowest BCUT2D eigenvalue weighted by Crippen LogP contribution is -2.10. The standard InChI is InChI=1S/C19H16N3OS/c1-14-8-9-21-22(14)16-5-3-7-18(13-16)23-17-6-2-4-15(12-17)19-20-10-11-24-19/h2-14H,1H3/q+1. The van der Waals surface area contributed by atoms with E-state index < -0.39 is 0 Å². The van der Waals surface area contributed by atoms with E-state index in [9.17, 15) is 0 Å². The zero-order valence-electron chi connectivity index (χ0n) is 13.2. The number of hydrogen-bond donors (Lipinski definition) is 0. The van der Waals surface area contributed by atoms with Crippen molar-refractivity contribution in [3.05, 3.63) is 72.4 Å². The molecule has 2 heterocycles. The van der Waals surface area contributed by atoms with Gasteiger partial charge in [0.2, 0.25) is 11.7 Å². The third-order valence-electron chi connectivity index (χ3n) is 3.77. The van der Waals surface area contributed by atoms with E-state index in [1.807, 2.05) is 71.0 Å². The van der Waals surface area contributed by atoms with Crippen LogP contribution in [0, 0.1) is 0 Å². The van der Waals surface area contributed by atoms with Crippen LogP contribution in [0.2, 0.25) is 0 Å². The highest BCUT2D eigenvalue weighted by Crippen LogP contribution is 2.30. The molecule has 0 bridgehead atoms. The van der Waals surface area contributed by atoms with Gasteiger partial charge in [-0.2, -0.15) is 0 Å². The molecule has 0 aliphatic carbocycles. The van der Waals surface area contributed by atoms with Gasteiger partial charge < -0.3 is 4.74 Å². The van der Waals surface area contributed by atoms with Gasteiger partial charge in [-0.05, 0) is 23.3 Å². The largest absolute Gasteiger partial charge is 0.457 e. The third kappa shape index (κ3) is 2.98. The second-order valence-corrected chi connectivity index (χ2v) is 6.40. The van der Waals surface area contributed by atoms with Crippen LogP contribution < -0.4 is 4.74 Å². The first-order valence-corrected chi connectivity index (χ1v) is 8.62. The van der Waals surface area contributed by atoms with E-state index in [4.69, 9.17) is 4.74 Å².